The van der Waals surface area contributed by atoms with Crippen molar-refractivity contribution >= 4 is 11.6 Å². The molecule has 2 aromatic carbocycles. The van der Waals surface area contributed by atoms with Crippen LogP contribution in [0.4, 0.5) is 0 Å². The summed E-state index contributed by atoms with van der Waals surface area (Å²) in [5, 5.41) is 0.605. The molecule has 19 heavy (non-hydrogen) atoms. The second-order valence-corrected chi connectivity index (χ2v) is 4.35. The second kappa shape index (κ2) is 6.45. The van der Waals surface area contributed by atoms with Crippen molar-refractivity contribution in [1.82, 2.24) is 0 Å². The summed E-state index contributed by atoms with van der Waals surface area (Å²) in [5.41, 5.74) is 6.47. The molecular formula is C15H16ClNO2. The molecule has 4 heteroatoms. The Labute approximate surface area is 117 Å². The molecule has 0 fully saturated rings. The number of benzene rings is 2. The number of hydrogen-bond donors (Lipinski definition) is 1. The van der Waals surface area contributed by atoms with E-state index >= 15 is 0 Å². The van der Waals surface area contributed by atoms with E-state index in [2.05, 4.69) is 0 Å². The van der Waals surface area contributed by atoms with Crippen molar-refractivity contribution in [1.29, 1.82) is 0 Å². The van der Waals surface area contributed by atoms with E-state index in [0.717, 1.165) is 5.56 Å². The zero-order valence-electron chi connectivity index (χ0n) is 10.7. The van der Waals surface area contributed by atoms with Crippen molar-refractivity contribution in [3.05, 3.63) is 53.1 Å². The van der Waals surface area contributed by atoms with Gasteiger partial charge in [0.2, 0.25) is 0 Å². The van der Waals surface area contributed by atoms with E-state index in [1.54, 1.807) is 6.07 Å². The molecule has 0 aliphatic heterocycles. The lowest BCUT2D eigenvalue weighted by Gasteiger charge is -2.12. The van der Waals surface area contributed by atoms with Crippen LogP contribution in [0.3, 0.4) is 0 Å². The average molecular weight is 278 g/mol. The van der Waals surface area contributed by atoms with E-state index in [0.29, 0.717) is 35.4 Å². The van der Waals surface area contributed by atoms with Crippen molar-refractivity contribution in [2.45, 2.75) is 13.5 Å². The maximum absolute atomic E-state index is 6.11. The van der Waals surface area contributed by atoms with E-state index in [1.807, 2.05) is 43.3 Å². The smallest absolute Gasteiger partial charge is 0.169 e. The van der Waals surface area contributed by atoms with Crippen LogP contribution in [0, 0.1) is 0 Å². The molecule has 0 spiro atoms. The van der Waals surface area contributed by atoms with Crippen LogP contribution in [0.15, 0.2) is 42.5 Å². The Morgan fingerprint density at radius 1 is 1.11 bits per heavy atom. The summed E-state index contributed by atoms with van der Waals surface area (Å²) in [5.74, 6) is 2.04. The SMILES string of the molecule is CCOc1ccccc1Oc1ccc(CN)c(Cl)c1. The number of para-hydroxylation sites is 2. The molecule has 0 heterocycles. The number of hydrogen-bond acceptors (Lipinski definition) is 3. The van der Waals surface area contributed by atoms with Crippen LogP contribution in [0.2, 0.25) is 5.02 Å². The van der Waals surface area contributed by atoms with Gasteiger partial charge in [0.05, 0.1) is 6.61 Å². The van der Waals surface area contributed by atoms with Gasteiger partial charge in [0, 0.05) is 11.6 Å². The molecular weight excluding hydrogens is 262 g/mol. The highest BCUT2D eigenvalue weighted by molar-refractivity contribution is 6.31. The van der Waals surface area contributed by atoms with E-state index in [9.17, 15) is 0 Å². The largest absolute Gasteiger partial charge is 0.490 e. The molecule has 0 aliphatic carbocycles. The average Bonchev–Trinajstić information content (AvgIpc) is 2.41. The van der Waals surface area contributed by atoms with Gasteiger partial charge in [-0.25, -0.2) is 0 Å². The molecule has 0 aliphatic rings. The maximum atomic E-state index is 6.11. The lowest BCUT2D eigenvalue weighted by Crippen LogP contribution is -1.98. The minimum atomic E-state index is 0.411. The first-order valence-corrected chi connectivity index (χ1v) is 6.50. The van der Waals surface area contributed by atoms with Gasteiger partial charge in [-0.1, -0.05) is 29.8 Å². The molecule has 2 N–H and O–H groups in total. The summed E-state index contributed by atoms with van der Waals surface area (Å²) in [6, 6.07) is 13.0. The van der Waals surface area contributed by atoms with Crippen LogP contribution < -0.4 is 15.2 Å². The fraction of sp³-hybridized carbons (Fsp3) is 0.200. The Morgan fingerprint density at radius 3 is 2.47 bits per heavy atom. The van der Waals surface area contributed by atoms with Crippen molar-refractivity contribution in [2.24, 2.45) is 5.73 Å². The Bertz CT molecular complexity index is 558. The topological polar surface area (TPSA) is 44.5 Å². The van der Waals surface area contributed by atoms with E-state index < -0.39 is 0 Å². The highest BCUT2D eigenvalue weighted by atomic mass is 35.5. The first-order valence-electron chi connectivity index (χ1n) is 6.12. The fourth-order valence-electron chi connectivity index (χ4n) is 1.69. The lowest BCUT2D eigenvalue weighted by molar-refractivity contribution is 0.321. The lowest BCUT2D eigenvalue weighted by atomic mass is 10.2. The van der Waals surface area contributed by atoms with Gasteiger partial charge in [-0.15, -0.1) is 0 Å². The van der Waals surface area contributed by atoms with Gasteiger partial charge in [0.25, 0.3) is 0 Å². The summed E-state index contributed by atoms with van der Waals surface area (Å²) in [6.45, 7) is 2.94. The van der Waals surface area contributed by atoms with Crippen molar-refractivity contribution in [2.75, 3.05) is 6.61 Å². The van der Waals surface area contributed by atoms with E-state index in [-0.39, 0.29) is 0 Å². The molecule has 0 bridgehead atoms. The predicted molar refractivity (Wildman–Crippen MR) is 77.0 cm³/mol. The van der Waals surface area contributed by atoms with Gasteiger partial charge in [0.1, 0.15) is 5.75 Å². The molecule has 2 aromatic rings. The van der Waals surface area contributed by atoms with E-state index in [4.69, 9.17) is 26.8 Å². The Morgan fingerprint density at radius 2 is 1.84 bits per heavy atom. The molecule has 3 nitrogen and oxygen atoms in total. The number of rotatable bonds is 5. The minimum absolute atomic E-state index is 0.411. The minimum Gasteiger partial charge on any atom is -0.490 e. The highest BCUT2D eigenvalue weighted by Crippen LogP contribution is 2.32. The summed E-state index contributed by atoms with van der Waals surface area (Å²) in [7, 11) is 0. The van der Waals surface area contributed by atoms with Gasteiger partial charge in [-0.3, -0.25) is 0 Å². The Kier molecular flexibility index (Phi) is 4.66. The normalized spacial score (nSPS) is 10.3. The molecule has 2 rings (SSSR count). The summed E-state index contributed by atoms with van der Waals surface area (Å²) < 4.78 is 11.3. The van der Waals surface area contributed by atoms with E-state index in [1.165, 1.54) is 0 Å². The molecule has 0 saturated heterocycles. The molecule has 0 aromatic heterocycles. The quantitative estimate of drug-likeness (QED) is 0.899. The van der Waals surface area contributed by atoms with Crippen molar-refractivity contribution in [3.8, 4) is 17.2 Å². The summed E-state index contributed by atoms with van der Waals surface area (Å²) >= 11 is 6.11. The Hall–Kier alpha value is -1.71. The fourth-order valence-corrected chi connectivity index (χ4v) is 1.94. The monoisotopic (exact) mass is 277 g/mol. The third kappa shape index (κ3) is 3.40. The zero-order chi connectivity index (χ0) is 13.7. The first kappa shape index (κ1) is 13.7. The van der Waals surface area contributed by atoms with Crippen molar-refractivity contribution < 1.29 is 9.47 Å². The second-order valence-electron chi connectivity index (χ2n) is 3.94. The van der Waals surface area contributed by atoms with Crippen LogP contribution >= 0.6 is 11.6 Å². The molecule has 0 unspecified atom stereocenters. The van der Waals surface area contributed by atoms with Gasteiger partial charge in [-0.05, 0) is 36.8 Å². The van der Waals surface area contributed by atoms with Crippen LogP contribution in [0.1, 0.15) is 12.5 Å². The molecule has 100 valence electrons. The summed E-state index contributed by atoms with van der Waals surface area (Å²) in [4.78, 5) is 0. The predicted octanol–water partition coefficient (Wildman–Crippen LogP) is 3.99. The summed E-state index contributed by atoms with van der Waals surface area (Å²) in [6.07, 6.45) is 0. The standard InChI is InChI=1S/C15H16ClNO2/c1-2-18-14-5-3-4-6-15(14)19-12-8-7-11(10-17)13(16)9-12/h3-9H,2,10,17H2,1H3. The number of ether oxygens (including phenoxy) is 2. The van der Waals surface area contributed by atoms with Crippen LogP contribution in [0.5, 0.6) is 17.2 Å². The Balaban J connectivity index is 2.23. The highest BCUT2D eigenvalue weighted by Gasteiger charge is 2.06. The van der Waals surface area contributed by atoms with Crippen molar-refractivity contribution in [3.63, 3.8) is 0 Å². The van der Waals surface area contributed by atoms with Crippen LogP contribution in [-0.2, 0) is 6.54 Å². The zero-order valence-corrected chi connectivity index (χ0v) is 11.5. The molecule has 0 radical (unpaired) electrons. The van der Waals surface area contributed by atoms with Gasteiger partial charge in [-0.2, -0.15) is 0 Å². The maximum Gasteiger partial charge on any atom is 0.169 e. The van der Waals surface area contributed by atoms with Gasteiger partial charge < -0.3 is 15.2 Å². The van der Waals surface area contributed by atoms with Crippen LogP contribution in [-0.4, -0.2) is 6.61 Å². The number of halogens is 1. The first-order chi connectivity index (χ1) is 9.24. The van der Waals surface area contributed by atoms with Gasteiger partial charge in [0.15, 0.2) is 11.5 Å². The third-order valence-electron chi connectivity index (χ3n) is 2.62. The molecule has 0 amide bonds. The number of nitrogens with two attached hydrogens (primary N) is 1. The third-order valence-corrected chi connectivity index (χ3v) is 2.97. The molecule has 0 atom stereocenters. The van der Waals surface area contributed by atoms with Gasteiger partial charge >= 0.3 is 0 Å². The van der Waals surface area contributed by atoms with Crippen LogP contribution in [0.25, 0.3) is 0 Å². The molecule has 0 saturated carbocycles.